The summed E-state index contributed by atoms with van der Waals surface area (Å²) in [7, 11) is 0. The molecule has 102 valence electrons. The molecule has 18 heavy (non-hydrogen) atoms. The van der Waals surface area contributed by atoms with Crippen molar-refractivity contribution in [2.24, 2.45) is 11.8 Å². The second kappa shape index (κ2) is 7.90. The second-order valence-electron chi connectivity index (χ2n) is 4.48. The van der Waals surface area contributed by atoms with Gasteiger partial charge in [0.15, 0.2) is 0 Å². The quantitative estimate of drug-likeness (QED) is 0.539. The summed E-state index contributed by atoms with van der Waals surface area (Å²) in [5.41, 5.74) is 0. The molecule has 1 aliphatic rings. The molecular weight excluding hydrogens is 232 g/mol. The first kappa shape index (κ1) is 14.7. The molecule has 0 unspecified atom stereocenters. The smallest absolute Gasteiger partial charge is 0.306 e. The van der Waals surface area contributed by atoms with Gasteiger partial charge in [-0.05, 0) is 38.5 Å². The summed E-state index contributed by atoms with van der Waals surface area (Å²) in [6.07, 6.45) is 6.60. The van der Waals surface area contributed by atoms with Crippen LogP contribution in [-0.2, 0) is 19.1 Å². The number of rotatable bonds is 6. The van der Waals surface area contributed by atoms with Crippen LogP contribution in [0.4, 0.5) is 0 Å². The predicted molar refractivity (Wildman–Crippen MR) is 67.9 cm³/mol. The molecule has 0 aromatic rings. The van der Waals surface area contributed by atoms with Crippen LogP contribution < -0.4 is 0 Å². The Balaban J connectivity index is 2.49. The Hall–Kier alpha value is -1.32. The molecule has 0 aromatic heterocycles. The van der Waals surface area contributed by atoms with Crippen LogP contribution >= 0.6 is 0 Å². The summed E-state index contributed by atoms with van der Waals surface area (Å²) in [4.78, 5) is 23.0. The van der Waals surface area contributed by atoms with Crippen molar-refractivity contribution >= 4 is 11.9 Å². The number of carbonyl (C=O) groups excluding carboxylic acids is 2. The third-order valence-corrected chi connectivity index (χ3v) is 3.18. The minimum Gasteiger partial charge on any atom is -0.466 e. The van der Waals surface area contributed by atoms with Crippen LogP contribution in [0.5, 0.6) is 0 Å². The number of ether oxygens (including phenoxy) is 2. The van der Waals surface area contributed by atoms with Crippen molar-refractivity contribution in [3.05, 3.63) is 12.2 Å². The number of allylic oxidation sites excluding steroid dienone is 2. The maximum absolute atomic E-state index is 11.5. The molecule has 1 rings (SSSR count). The Labute approximate surface area is 108 Å². The zero-order valence-corrected chi connectivity index (χ0v) is 11.2. The molecule has 0 fully saturated rings. The molecule has 0 amide bonds. The largest absolute Gasteiger partial charge is 0.466 e. The average Bonchev–Trinajstić information content (AvgIpc) is 2.32. The van der Waals surface area contributed by atoms with Crippen LogP contribution in [0.2, 0.25) is 0 Å². The first-order valence-corrected chi connectivity index (χ1v) is 6.63. The van der Waals surface area contributed by atoms with E-state index in [-0.39, 0.29) is 23.8 Å². The molecule has 0 saturated carbocycles. The molecular formula is C14H22O4. The summed E-state index contributed by atoms with van der Waals surface area (Å²) in [6.45, 7) is 4.41. The van der Waals surface area contributed by atoms with Crippen LogP contribution in [0.1, 0.15) is 39.5 Å². The van der Waals surface area contributed by atoms with Gasteiger partial charge in [0.05, 0.1) is 13.2 Å². The van der Waals surface area contributed by atoms with Gasteiger partial charge in [-0.2, -0.15) is 0 Å². The van der Waals surface area contributed by atoms with Crippen molar-refractivity contribution < 1.29 is 19.1 Å². The molecule has 0 radical (unpaired) electrons. The third kappa shape index (κ3) is 4.90. The summed E-state index contributed by atoms with van der Waals surface area (Å²) < 4.78 is 9.93. The second-order valence-corrected chi connectivity index (χ2v) is 4.48. The van der Waals surface area contributed by atoms with E-state index < -0.39 is 0 Å². The number of hydrogen-bond donors (Lipinski definition) is 0. The molecule has 0 bridgehead atoms. The molecule has 0 aromatic carbocycles. The number of hydrogen-bond acceptors (Lipinski definition) is 4. The van der Waals surface area contributed by atoms with Gasteiger partial charge < -0.3 is 9.47 Å². The standard InChI is InChI=1S/C14H22O4/c1-3-17-13(15)9-11-7-5-6-8-12(11)10-14(16)18-4-2/h5-6,11-12H,3-4,7-10H2,1-2H3/t11-,12-/m0/s1. The van der Waals surface area contributed by atoms with Gasteiger partial charge in [0, 0.05) is 12.8 Å². The lowest BCUT2D eigenvalue weighted by atomic mass is 9.79. The van der Waals surface area contributed by atoms with E-state index >= 15 is 0 Å². The third-order valence-electron chi connectivity index (χ3n) is 3.18. The summed E-state index contributed by atoms with van der Waals surface area (Å²) in [5, 5.41) is 0. The molecule has 1 aliphatic carbocycles. The Morgan fingerprint density at radius 1 is 0.944 bits per heavy atom. The highest BCUT2D eigenvalue weighted by Gasteiger charge is 2.27. The van der Waals surface area contributed by atoms with E-state index in [0.717, 1.165) is 12.8 Å². The monoisotopic (exact) mass is 254 g/mol. The Bertz CT molecular complexity index is 279. The van der Waals surface area contributed by atoms with Crippen molar-refractivity contribution in [1.82, 2.24) is 0 Å². The molecule has 2 atom stereocenters. The summed E-state index contributed by atoms with van der Waals surface area (Å²) in [5.74, 6) is 0.0372. The van der Waals surface area contributed by atoms with Gasteiger partial charge in [0.1, 0.15) is 0 Å². The predicted octanol–water partition coefficient (Wildman–Crippen LogP) is 2.48. The highest BCUT2D eigenvalue weighted by atomic mass is 16.5. The van der Waals surface area contributed by atoms with Crippen molar-refractivity contribution in [2.45, 2.75) is 39.5 Å². The first-order valence-electron chi connectivity index (χ1n) is 6.63. The fraction of sp³-hybridized carbons (Fsp3) is 0.714. The lowest BCUT2D eigenvalue weighted by molar-refractivity contribution is -0.148. The van der Waals surface area contributed by atoms with E-state index in [9.17, 15) is 9.59 Å². The maximum Gasteiger partial charge on any atom is 0.306 e. The molecule has 0 spiro atoms. The highest BCUT2D eigenvalue weighted by molar-refractivity contribution is 5.71. The van der Waals surface area contributed by atoms with E-state index in [1.165, 1.54) is 0 Å². The number of esters is 2. The zero-order valence-electron chi connectivity index (χ0n) is 11.2. The van der Waals surface area contributed by atoms with Crippen LogP contribution in [-0.4, -0.2) is 25.2 Å². The highest BCUT2D eigenvalue weighted by Crippen LogP contribution is 2.31. The first-order chi connectivity index (χ1) is 8.67. The van der Waals surface area contributed by atoms with Gasteiger partial charge in [-0.3, -0.25) is 9.59 Å². The normalized spacial score (nSPS) is 22.6. The SMILES string of the molecule is CCOC(=O)C[C@@H]1CC=CC[C@H]1CC(=O)OCC. The van der Waals surface area contributed by atoms with Gasteiger partial charge >= 0.3 is 11.9 Å². The number of carbonyl (C=O) groups is 2. The van der Waals surface area contributed by atoms with Gasteiger partial charge in [0.2, 0.25) is 0 Å². The van der Waals surface area contributed by atoms with Crippen molar-refractivity contribution in [3.63, 3.8) is 0 Å². The lowest BCUT2D eigenvalue weighted by Crippen LogP contribution is -2.24. The molecule has 0 saturated heterocycles. The van der Waals surface area contributed by atoms with Crippen LogP contribution in [0.3, 0.4) is 0 Å². The van der Waals surface area contributed by atoms with Gasteiger partial charge in [-0.25, -0.2) is 0 Å². The van der Waals surface area contributed by atoms with Crippen LogP contribution in [0, 0.1) is 11.8 Å². The van der Waals surface area contributed by atoms with E-state index in [1.54, 1.807) is 13.8 Å². The zero-order chi connectivity index (χ0) is 13.4. The minimum atomic E-state index is -0.174. The Morgan fingerprint density at radius 2 is 1.33 bits per heavy atom. The van der Waals surface area contributed by atoms with E-state index in [1.807, 2.05) is 0 Å². The Morgan fingerprint density at radius 3 is 1.67 bits per heavy atom. The van der Waals surface area contributed by atoms with E-state index in [4.69, 9.17) is 9.47 Å². The van der Waals surface area contributed by atoms with Crippen LogP contribution in [0.15, 0.2) is 12.2 Å². The fourth-order valence-corrected chi connectivity index (χ4v) is 2.29. The molecule has 0 aliphatic heterocycles. The van der Waals surface area contributed by atoms with Gasteiger partial charge in [0.25, 0.3) is 0 Å². The topological polar surface area (TPSA) is 52.6 Å². The maximum atomic E-state index is 11.5. The van der Waals surface area contributed by atoms with E-state index in [0.29, 0.717) is 26.1 Å². The van der Waals surface area contributed by atoms with Gasteiger partial charge in [-0.1, -0.05) is 12.2 Å². The van der Waals surface area contributed by atoms with Crippen LogP contribution in [0.25, 0.3) is 0 Å². The van der Waals surface area contributed by atoms with Crippen molar-refractivity contribution in [2.75, 3.05) is 13.2 Å². The average molecular weight is 254 g/mol. The molecule has 0 N–H and O–H groups in total. The Kier molecular flexibility index (Phi) is 6.47. The molecule has 4 nitrogen and oxygen atoms in total. The van der Waals surface area contributed by atoms with Crippen molar-refractivity contribution in [3.8, 4) is 0 Å². The lowest BCUT2D eigenvalue weighted by Gasteiger charge is -2.27. The van der Waals surface area contributed by atoms with E-state index in [2.05, 4.69) is 12.2 Å². The molecule has 4 heteroatoms. The van der Waals surface area contributed by atoms with Gasteiger partial charge in [-0.15, -0.1) is 0 Å². The summed E-state index contributed by atoms with van der Waals surface area (Å²) in [6, 6.07) is 0. The molecule has 0 heterocycles. The summed E-state index contributed by atoms with van der Waals surface area (Å²) >= 11 is 0. The fourth-order valence-electron chi connectivity index (χ4n) is 2.29. The minimum absolute atomic E-state index is 0.174. The van der Waals surface area contributed by atoms with Crippen molar-refractivity contribution in [1.29, 1.82) is 0 Å².